The first-order valence-corrected chi connectivity index (χ1v) is 19.9. The summed E-state index contributed by atoms with van der Waals surface area (Å²) in [7, 11) is 0. The van der Waals surface area contributed by atoms with Gasteiger partial charge in [0.15, 0.2) is 0 Å². The van der Waals surface area contributed by atoms with E-state index in [2.05, 4.69) is 55.6 Å². The number of aliphatic hydroxyl groups excluding tert-OH is 2. The number of hydrogen-bond acceptors (Lipinski definition) is 3. The van der Waals surface area contributed by atoms with Crippen molar-refractivity contribution < 1.29 is 15.0 Å². The second-order valence-electron chi connectivity index (χ2n) is 13.3. The number of amides is 1. The highest BCUT2D eigenvalue weighted by atomic mass is 16.3. The molecule has 0 spiro atoms. The van der Waals surface area contributed by atoms with Crippen LogP contribution in [0, 0.1) is 0 Å². The average molecular weight is 644 g/mol. The van der Waals surface area contributed by atoms with Crippen molar-refractivity contribution in [1.82, 2.24) is 5.32 Å². The predicted octanol–water partition coefficient (Wildman–Crippen LogP) is 12.0. The zero-order valence-corrected chi connectivity index (χ0v) is 30.6. The average Bonchev–Trinajstić information content (AvgIpc) is 3.06. The van der Waals surface area contributed by atoms with E-state index in [-0.39, 0.29) is 12.5 Å². The Kier molecular flexibility index (Phi) is 36.4. The van der Waals surface area contributed by atoms with Gasteiger partial charge in [-0.25, -0.2) is 0 Å². The first-order chi connectivity index (χ1) is 22.7. The molecule has 0 saturated heterocycles. The molecule has 0 rings (SSSR count). The Labute approximate surface area is 286 Å². The topological polar surface area (TPSA) is 69.6 Å². The van der Waals surface area contributed by atoms with Crippen LogP contribution >= 0.6 is 0 Å². The number of rotatable bonds is 35. The van der Waals surface area contributed by atoms with Gasteiger partial charge in [-0.05, 0) is 70.6 Å². The molecule has 268 valence electrons. The summed E-state index contributed by atoms with van der Waals surface area (Å²) in [6.45, 7) is 4.27. The van der Waals surface area contributed by atoms with E-state index in [0.29, 0.717) is 6.42 Å². The van der Waals surface area contributed by atoms with E-state index in [1.165, 1.54) is 122 Å². The molecule has 0 aromatic heterocycles. The lowest BCUT2D eigenvalue weighted by atomic mass is 10.1. The molecular weight excluding hydrogens is 566 g/mol. The summed E-state index contributed by atoms with van der Waals surface area (Å²) in [5, 5.41) is 22.9. The maximum absolute atomic E-state index is 12.3. The molecular formula is C42H77NO3. The van der Waals surface area contributed by atoms with E-state index in [4.69, 9.17) is 0 Å². The van der Waals surface area contributed by atoms with Gasteiger partial charge in [-0.15, -0.1) is 0 Å². The van der Waals surface area contributed by atoms with Gasteiger partial charge in [-0.3, -0.25) is 4.79 Å². The summed E-state index contributed by atoms with van der Waals surface area (Å²) in [5.74, 6) is -0.0883. The van der Waals surface area contributed by atoms with Gasteiger partial charge in [0, 0.05) is 6.42 Å². The molecule has 0 aliphatic carbocycles. The minimum atomic E-state index is -0.872. The van der Waals surface area contributed by atoms with E-state index < -0.39 is 12.1 Å². The van der Waals surface area contributed by atoms with E-state index in [9.17, 15) is 15.0 Å². The number of aliphatic hydroxyl groups is 2. The highest BCUT2D eigenvalue weighted by Crippen LogP contribution is 2.12. The SMILES string of the molecule is CCCCCCCCC/C=C\CCCCCCCC(=O)NC(CO)C(O)/C=C/CC/C=C/CC/C=C/CCCCCCCCCC. The molecule has 0 fully saturated rings. The van der Waals surface area contributed by atoms with Crippen molar-refractivity contribution in [3.05, 3.63) is 48.6 Å². The van der Waals surface area contributed by atoms with Crippen molar-refractivity contribution in [2.24, 2.45) is 0 Å². The van der Waals surface area contributed by atoms with Gasteiger partial charge in [0.05, 0.1) is 18.8 Å². The van der Waals surface area contributed by atoms with Gasteiger partial charge in [-0.1, -0.05) is 165 Å². The van der Waals surface area contributed by atoms with Gasteiger partial charge in [0.2, 0.25) is 5.91 Å². The predicted molar refractivity (Wildman–Crippen MR) is 202 cm³/mol. The largest absolute Gasteiger partial charge is 0.394 e. The number of carbonyl (C=O) groups excluding carboxylic acids is 1. The number of nitrogens with one attached hydrogen (secondary N) is 1. The molecule has 2 unspecified atom stereocenters. The Hall–Kier alpha value is -1.65. The van der Waals surface area contributed by atoms with Crippen molar-refractivity contribution in [3.63, 3.8) is 0 Å². The molecule has 4 heteroatoms. The van der Waals surface area contributed by atoms with E-state index in [1.54, 1.807) is 6.08 Å². The van der Waals surface area contributed by atoms with Crippen molar-refractivity contribution >= 4 is 5.91 Å². The van der Waals surface area contributed by atoms with Crippen LogP contribution in [0.1, 0.15) is 194 Å². The normalized spacial score (nSPS) is 13.6. The summed E-state index contributed by atoms with van der Waals surface area (Å²) in [6.07, 6.45) is 50.6. The number of allylic oxidation sites excluding steroid dienone is 7. The molecule has 0 aliphatic heterocycles. The number of unbranched alkanes of at least 4 members (excludes halogenated alkanes) is 22. The zero-order valence-electron chi connectivity index (χ0n) is 30.6. The summed E-state index contributed by atoms with van der Waals surface area (Å²) < 4.78 is 0. The molecule has 2 atom stereocenters. The van der Waals surface area contributed by atoms with E-state index in [1.807, 2.05) is 6.08 Å². The molecule has 0 heterocycles. The van der Waals surface area contributed by atoms with Crippen LogP contribution in [0.2, 0.25) is 0 Å². The minimum absolute atomic E-state index is 0.0883. The van der Waals surface area contributed by atoms with Gasteiger partial charge in [-0.2, -0.15) is 0 Å². The molecule has 0 saturated carbocycles. The molecule has 0 bridgehead atoms. The van der Waals surface area contributed by atoms with Crippen LogP contribution in [0.4, 0.5) is 0 Å². The Balaban J connectivity index is 3.71. The van der Waals surface area contributed by atoms with Crippen LogP contribution in [0.5, 0.6) is 0 Å². The van der Waals surface area contributed by atoms with Crippen LogP contribution in [0.3, 0.4) is 0 Å². The first kappa shape index (κ1) is 44.4. The molecule has 1 amide bonds. The second-order valence-corrected chi connectivity index (χ2v) is 13.3. The third kappa shape index (κ3) is 33.7. The lowest BCUT2D eigenvalue weighted by molar-refractivity contribution is -0.123. The second kappa shape index (κ2) is 37.8. The van der Waals surface area contributed by atoms with Crippen LogP contribution in [0.25, 0.3) is 0 Å². The Morgan fingerprint density at radius 2 is 0.848 bits per heavy atom. The fourth-order valence-corrected chi connectivity index (χ4v) is 5.67. The Morgan fingerprint density at radius 1 is 0.500 bits per heavy atom. The summed E-state index contributed by atoms with van der Waals surface area (Å²) in [6, 6.07) is -0.648. The highest BCUT2D eigenvalue weighted by molar-refractivity contribution is 5.76. The standard InChI is InChI=1S/C42H77NO3/c1-3-5-7-9-11-13-15-17-19-21-22-23-25-27-29-31-33-35-37-41(45)40(39-44)43-42(46)38-36-34-32-30-28-26-24-20-18-16-14-12-10-8-6-4-2/h20-22,24,27,29,35,37,40-41,44-45H,3-19,23,25-26,28,30-34,36,38-39H2,1-2H3,(H,43,46)/b22-21+,24-20-,29-27+,37-35+. The summed E-state index contributed by atoms with van der Waals surface area (Å²) in [5.41, 5.74) is 0. The van der Waals surface area contributed by atoms with Crippen molar-refractivity contribution in [1.29, 1.82) is 0 Å². The van der Waals surface area contributed by atoms with Crippen LogP contribution in [0.15, 0.2) is 48.6 Å². The fourth-order valence-electron chi connectivity index (χ4n) is 5.67. The Morgan fingerprint density at radius 3 is 1.26 bits per heavy atom. The summed E-state index contributed by atoms with van der Waals surface area (Å²) >= 11 is 0. The molecule has 3 N–H and O–H groups in total. The molecule has 0 radical (unpaired) electrons. The van der Waals surface area contributed by atoms with Gasteiger partial charge >= 0.3 is 0 Å². The third-order valence-corrected chi connectivity index (χ3v) is 8.76. The van der Waals surface area contributed by atoms with Crippen LogP contribution in [-0.4, -0.2) is 34.9 Å². The molecule has 46 heavy (non-hydrogen) atoms. The zero-order chi connectivity index (χ0) is 33.6. The highest BCUT2D eigenvalue weighted by Gasteiger charge is 2.17. The monoisotopic (exact) mass is 644 g/mol. The van der Waals surface area contributed by atoms with E-state index in [0.717, 1.165) is 51.4 Å². The molecule has 0 aromatic rings. The summed E-state index contributed by atoms with van der Waals surface area (Å²) in [4.78, 5) is 12.3. The van der Waals surface area contributed by atoms with Crippen LogP contribution in [-0.2, 0) is 4.79 Å². The van der Waals surface area contributed by atoms with Crippen molar-refractivity contribution in [3.8, 4) is 0 Å². The smallest absolute Gasteiger partial charge is 0.220 e. The number of hydrogen-bond donors (Lipinski definition) is 3. The molecule has 0 aromatic carbocycles. The van der Waals surface area contributed by atoms with Crippen molar-refractivity contribution in [2.75, 3.05) is 6.61 Å². The quantitative estimate of drug-likeness (QED) is 0.0475. The first-order valence-electron chi connectivity index (χ1n) is 19.9. The molecule has 4 nitrogen and oxygen atoms in total. The van der Waals surface area contributed by atoms with Gasteiger partial charge < -0.3 is 15.5 Å². The van der Waals surface area contributed by atoms with E-state index >= 15 is 0 Å². The van der Waals surface area contributed by atoms with Crippen molar-refractivity contribution in [2.45, 2.75) is 206 Å². The molecule has 0 aliphatic rings. The lowest BCUT2D eigenvalue weighted by Crippen LogP contribution is -2.45. The maximum Gasteiger partial charge on any atom is 0.220 e. The van der Waals surface area contributed by atoms with Gasteiger partial charge in [0.1, 0.15) is 0 Å². The fraction of sp³-hybridized carbons (Fsp3) is 0.786. The third-order valence-electron chi connectivity index (χ3n) is 8.76. The minimum Gasteiger partial charge on any atom is -0.394 e. The van der Waals surface area contributed by atoms with Crippen LogP contribution < -0.4 is 5.32 Å². The number of carbonyl (C=O) groups is 1. The Bertz CT molecular complexity index is 741. The van der Waals surface area contributed by atoms with Gasteiger partial charge in [0.25, 0.3) is 0 Å². The maximum atomic E-state index is 12.3. The lowest BCUT2D eigenvalue weighted by Gasteiger charge is -2.19.